The van der Waals surface area contributed by atoms with Gasteiger partial charge in [0.05, 0.1) is 12.0 Å². The van der Waals surface area contributed by atoms with Crippen LogP contribution in [0.5, 0.6) is 0 Å². The zero-order chi connectivity index (χ0) is 10.6. The molecule has 0 spiro atoms. The highest BCUT2D eigenvalue weighted by Crippen LogP contribution is 2.24. The molecular weight excluding hydrogens is 172 g/mol. The van der Waals surface area contributed by atoms with Crippen molar-refractivity contribution in [3.8, 4) is 6.07 Å². The maximum atomic E-state index is 8.73. The third-order valence-electron chi connectivity index (χ3n) is 3.33. The lowest BCUT2D eigenvalue weighted by Crippen LogP contribution is -2.37. The first-order chi connectivity index (χ1) is 6.63. The molecule has 1 rings (SSSR count). The second-order valence-corrected chi connectivity index (χ2v) is 4.91. The largest absolute Gasteiger partial charge is 0.302 e. The van der Waals surface area contributed by atoms with Crippen molar-refractivity contribution in [3.63, 3.8) is 0 Å². The van der Waals surface area contributed by atoms with Crippen molar-refractivity contribution in [2.24, 2.45) is 17.8 Å². The molecule has 0 bridgehead atoms. The summed E-state index contributed by atoms with van der Waals surface area (Å²) in [5, 5.41) is 8.73. The highest BCUT2D eigenvalue weighted by molar-refractivity contribution is 4.83. The van der Waals surface area contributed by atoms with Gasteiger partial charge < -0.3 is 4.90 Å². The van der Waals surface area contributed by atoms with E-state index in [0.29, 0.717) is 0 Å². The van der Waals surface area contributed by atoms with Gasteiger partial charge in [-0.25, -0.2) is 0 Å². The van der Waals surface area contributed by atoms with Crippen LogP contribution in [-0.4, -0.2) is 24.5 Å². The molecule has 1 saturated heterocycles. The van der Waals surface area contributed by atoms with E-state index in [1.54, 1.807) is 0 Å². The van der Waals surface area contributed by atoms with E-state index >= 15 is 0 Å². The van der Waals surface area contributed by atoms with Crippen molar-refractivity contribution in [3.05, 3.63) is 0 Å². The molecule has 0 radical (unpaired) electrons. The normalized spacial score (nSPS) is 22.2. The lowest BCUT2D eigenvalue weighted by molar-refractivity contribution is 0.150. The second kappa shape index (κ2) is 5.36. The van der Waals surface area contributed by atoms with Gasteiger partial charge in [-0.15, -0.1) is 0 Å². The van der Waals surface area contributed by atoms with Gasteiger partial charge in [0.2, 0.25) is 0 Å². The highest BCUT2D eigenvalue weighted by atomic mass is 15.1. The van der Waals surface area contributed by atoms with E-state index in [0.717, 1.165) is 18.4 Å². The first kappa shape index (κ1) is 11.5. The minimum absolute atomic E-state index is 0.186. The van der Waals surface area contributed by atoms with Crippen LogP contribution in [0.2, 0.25) is 0 Å². The Morgan fingerprint density at radius 1 is 1.29 bits per heavy atom. The number of nitriles is 1. The number of nitrogens with zero attached hydrogens (tertiary/aromatic N) is 2. The molecule has 1 aliphatic rings. The van der Waals surface area contributed by atoms with E-state index in [1.807, 2.05) is 6.92 Å². The molecule has 1 unspecified atom stereocenters. The molecule has 2 nitrogen and oxygen atoms in total. The van der Waals surface area contributed by atoms with Crippen molar-refractivity contribution in [1.29, 1.82) is 5.26 Å². The van der Waals surface area contributed by atoms with Crippen LogP contribution in [0, 0.1) is 29.1 Å². The fraction of sp³-hybridized carbons (Fsp3) is 0.917. The van der Waals surface area contributed by atoms with E-state index in [1.165, 1.54) is 25.9 Å². The molecule has 0 aromatic heterocycles. The standard InChI is InChI=1S/C12H22N2/c1-10(2)12-4-6-14(7-5-12)9-11(3)8-13/h10-12H,4-7,9H2,1-3H3. The Morgan fingerprint density at radius 2 is 1.86 bits per heavy atom. The van der Waals surface area contributed by atoms with Gasteiger partial charge in [0.15, 0.2) is 0 Å². The van der Waals surface area contributed by atoms with Crippen molar-refractivity contribution in [2.45, 2.75) is 33.6 Å². The molecule has 0 aromatic carbocycles. The van der Waals surface area contributed by atoms with Crippen LogP contribution in [0.3, 0.4) is 0 Å². The van der Waals surface area contributed by atoms with Crippen molar-refractivity contribution in [2.75, 3.05) is 19.6 Å². The SMILES string of the molecule is CC(C#N)CN1CCC(C(C)C)CC1. The maximum absolute atomic E-state index is 8.73. The molecule has 0 amide bonds. The van der Waals surface area contributed by atoms with Crippen molar-refractivity contribution < 1.29 is 0 Å². The number of hydrogen-bond donors (Lipinski definition) is 0. The average molecular weight is 194 g/mol. The fourth-order valence-electron chi connectivity index (χ4n) is 2.23. The topological polar surface area (TPSA) is 27.0 Å². The zero-order valence-electron chi connectivity index (χ0n) is 9.66. The Labute approximate surface area is 87.9 Å². The second-order valence-electron chi connectivity index (χ2n) is 4.91. The zero-order valence-corrected chi connectivity index (χ0v) is 9.66. The Hall–Kier alpha value is -0.550. The van der Waals surface area contributed by atoms with Gasteiger partial charge in [0.25, 0.3) is 0 Å². The summed E-state index contributed by atoms with van der Waals surface area (Å²) in [6, 6.07) is 2.30. The predicted molar refractivity (Wildman–Crippen MR) is 58.8 cm³/mol. The molecule has 80 valence electrons. The van der Waals surface area contributed by atoms with E-state index in [2.05, 4.69) is 24.8 Å². The molecule has 1 fully saturated rings. The minimum atomic E-state index is 0.186. The number of hydrogen-bond acceptors (Lipinski definition) is 2. The number of piperidine rings is 1. The lowest BCUT2D eigenvalue weighted by Gasteiger charge is -2.34. The summed E-state index contributed by atoms with van der Waals surface area (Å²) in [6.45, 7) is 9.98. The van der Waals surface area contributed by atoms with Gasteiger partial charge in [0.1, 0.15) is 0 Å². The first-order valence-electron chi connectivity index (χ1n) is 5.75. The minimum Gasteiger partial charge on any atom is -0.302 e. The van der Waals surface area contributed by atoms with E-state index < -0.39 is 0 Å². The average Bonchev–Trinajstić information content (AvgIpc) is 2.18. The predicted octanol–water partition coefficient (Wildman–Crippen LogP) is 2.51. The molecule has 1 atom stereocenters. The molecule has 0 saturated carbocycles. The summed E-state index contributed by atoms with van der Waals surface area (Å²) in [4.78, 5) is 2.44. The number of rotatable bonds is 3. The third-order valence-corrected chi connectivity index (χ3v) is 3.33. The molecule has 1 aliphatic heterocycles. The van der Waals surface area contributed by atoms with Crippen LogP contribution >= 0.6 is 0 Å². The molecule has 0 aliphatic carbocycles. The highest BCUT2D eigenvalue weighted by Gasteiger charge is 2.22. The van der Waals surface area contributed by atoms with E-state index in [4.69, 9.17) is 5.26 Å². The molecule has 0 aromatic rings. The van der Waals surface area contributed by atoms with Gasteiger partial charge in [-0.05, 0) is 44.7 Å². The molecule has 2 heteroatoms. The van der Waals surface area contributed by atoms with Crippen LogP contribution in [0.4, 0.5) is 0 Å². The van der Waals surface area contributed by atoms with Crippen LogP contribution in [0.25, 0.3) is 0 Å². The molecule has 14 heavy (non-hydrogen) atoms. The summed E-state index contributed by atoms with van der Waals surface area (Å²) < 4.78 is 0. The third kappa shape index (κ3) is 3.31. The first-order valence-corrected chi connectivity index (χ1v) is 5.75. The van der Waals surface area contributed by atoms with Gasteiger partial charge >= 0.3 is 0 Å². The van der Waals surface area contributed by atoms with Gasteiger partial charge in [-0.3, -0.25) is 0 Å². The monoisotopic (exact) mass is 194 g/mol. The van der Waals surface area contributed by atoms with Crippen LogP contribution < -0.4 is 0 Å². The quantitative estimate of drug-likeness (QED) is 0.690. The fourth-order valence-corrected chi connectivity index (χ4v) is 2.23. The summed E-state index contributed by atoms with van der Waals surface area (Å²) in [5.74, 6) is 1.92. The van der Waals surface area contributed by atoms with Gasteiger partial charge in [-0.1, -0.05) is 13.8 Å². The summed E-state index contributed by atoms with van der Waals surface area (Å²) in [5.41, 5.74) is 0. The summed E-state index contributed by atoms with van der Waals surface area (Å²) in [7, 11) is 0. The van der Waals surface area contributed by atoms with Crippen LogP contribution in [0.15, 0.2) is 0 Å². The smallest absolute Gasteiger partial charge is 0.0666 e. The lowest BCUT2D eigenvalue weighted by atomic mass is 9.86. The summed E-state index contributed by atoms with van der Waals surface area (Å²) in [6.07, 6.45) is 2.63. The molecule has 0 N–H and O–H groups in total. The van der Waals surface area contributed by atoms with E-state index in [-0.39, 0.29) is 5.92 Å². The number of likely N-dealkylation sites (tertiary alicyclic amines) is 1. The Kier molecular flexibility index (Phi) is 4.41. The van der Waals surface area contributed by atoms with Crippen molar-refractivity contribution >= 4 is 0 Å². The Morgan fingerprint density at radius 3 is 2.29 bits per heavy atom. The Balaban J connectivity index is 2.26. The maximum Gasteiger partial charge on any atom is 0.0666 e. The van der Waals surface area contributed by atoms with Crippen LogP contribution in [-0.2, 0) is 0 Å². The Bertz CT molecular complexity index is 197. The van der Waals surface area contributed by atoms with Crippen molar-refractivity contribution in [1.82, 2.24) is 4.90 Å². The van der Waals surface area contributed by atoms with E-state index in [9.17, 15) is 0 Å². The molecular formula is C12H22N2. The summed E-state index contributed by atoms with van der Waals surface area (Å²) >= 11 is 0. The molecule has 1 heterocycles. The van der Waals surface area contributed by atoms with Crippen LogP contribution in [0.1, 0.15) is 33.6 Å². The van der Waals surface area contributed by atoms with Gasteiger partial charge in [-0.2, -0.15) is 5.26 Å². The van der Waals surface area contributed by atoms with Gasteiger partial charge in [0, 0.05) is 6.54 Å².